The van der Waals surface area contributed by atoms with Crippen LogP contribution in [0.1, 0.15) is 41.7 Å². The third-order valence-electron chi connectivity index (χ3n) is 4.94. The number of benzene rings is 2. The van der Waals surface area contributed by atoms with Gasteiger partial charge in [0.25, 0.3) is 5.91 Å². The van der Waals surface area contributed by atoms with E-state index in [0.717, 1.165) is 12.8 Å². The fourth-order valence-electron chi connectivity index (χ4n) is 3.22. The van der Waals surface area contributed by atoms with Crippen LogP contribution in [0.25, 0.3) is 0 Å². The lowest BCUT2D eigenvalue weighted by atomic mass is 10.1. The summed E-state index contributed by atoms with van der Waals surface area (Å²) in [5, 5.41) is 7.96. The number of nitrogens with two attached hydrogens (primary N) is 1. The predicted molar refractivity (Wildman–Crippen MR) is 113 cm³/mol. The van der Waals surface area contributed by atoms with Crippen LogP contribution in [0, 0.1) is 0 Å². The molecule has 0 saturated carbocycles. The second-order valence-electron chi connectivity index (χ2n) is 7.06. The number of primary sulfonamides is 1. The van der Waals surface area contributed by atoms with E-state index in [-0.39, 0.29) is 20.4 Å². The van der Waals surface area contributed by atoms with Gasteiger partial charge in [0.05, 0.1) is 26.4 Å². The normalized spacial score (nSPS) is 16.4. The molecule has 0 aliphatic carbocycles. The molecule has 1 unspecified atom stereocenters. The number of rotatable bonds is 6. The smallest absolute Gasteiger partial charge is 0.253 e. The Morgan fingerprint density at radius 1 is 1.03 bits per heavy atom. The molecule has 11 heteroatoms. The van der Waals surface area contributed by atoms with Crippen LogP contribution < -0.4 is 10.5 Å². The lowest BCUT2D eigenvalue weighted by molar-refractivity contribution is 0.0939. The second kappa shape index (κ2) is 8.64. The van der Waals surface area contributed by atoms with Gasteiger partial charge in [-0.1, -0.05) is 23.7 Å². The molecule has 0 radical (unpaired) electrons. The van der Waals surface area contributed by atoms with Gasteiger partial charge in [0, 0.05) is 13.1 Å². The van der Waals surface area contributed by atoms with Gasteiger partial charge in [0.15, 0.2) is 0 Å². The van der Waals surface area contributed by atoms with Gasteiger partial charge in [0.2, 0.25) is 20.0 Å². The SMILES string of the molecule is CC(NC(=O)c1cc(S(=O)(=O)N2CCCC2)ccc1Cl)c1ccc(S(N)(=O)=O)cc1. The average molecular weight is 472 g/mol. The van der Waals surface area contributed by atoms with Crippen LogP contribution in [0.4, 0.5) is 0 Å². The average Bonchev–Trinajstić information content (AvgIpc) is 3.23. The van der Waals surface area contributed by atoms with E-state index in [0.29, 0.717) is 18.7 Å². The van der Waals surface area contributed by atoms with Crippen LogP contribution in [-0.4, -0.2) is 40.1 Å². The molecule has 2 aromatic rings. The third-order valence-corrected chi connectivity index (χ3v) is 8.09. The highest BCUT2D eigenvalue weighted by molar-refractivity contribution is 7.89. The van der Waals surface area contributed by atoms with Crippen molar-refractivity contribution >= 4 is 37.6 Å². The zero-order valence-electron chi connectivity index (χ0n) is 16.2. The maximum atomic E-state index is 12.8. The van der Waals surface area contributed by atoms with Gasteiger partial charge in [-0.25, -0.2) is 22.0 Å². The van der Waals surface area contributed by atoms with Crippen LogP contribution in [0.15, 0.2) is 52.3 Å². The fraction of sp³-hybridized carbons (Fsp3) is 0.316. The van der Waals surface area contributed by atoms with E-state index in [1.54, 1.807) is 19.1 Å². The minimum Gasteiger partial charge on any atom is -0.345 e. The molecule has 162 valence electrons. The number of nitrogens with one attached hydrogen (secondary N) is 1. The molecule has 3 rings (SSSR count). The molecule has 2 aromatic carbocycles. The summed E-state index contributed by atoms with van der Waals surface area (Å²) in [7, 11) is -7.49. The lowest BCUT2D eigenvalue weighted by Gasteiger charge is -2.18. The minimum absolute atomic E-state index is 0.0177. The summed E-state index contributed by atoms with van der Waals surface area (Å²) in [6.07, 6.45) is 1.61. The van der Waals surface area contributed by atoms with Crippen molar-refractivity contribution in [2.45, 2.75) is 35.6 Å². The number of hydrogen-bond acceptors (Lipinski definition) is 5. The first kappa shape index (κ1) is 22.7. The van der Waals surface area contributed by atoms with E-state index in [4.69, 9.17) is 16.7 Å². The number of halogens is 1. The number of hydrogen-bond donors (Lipinski definition) is 2. The van der Waals surface area contributed by atoms with Gasteiger partial charge >= 0.3 is 0 Å². The number of nitrogens with zero attached hydrogens (tertiary/aromatic N) is 1. The van der Waals surface area contributed by atoms with Crippen LogP contribution in [-0.2, 0) is 20.0 Å². The second-order valence-corrected chi connectivity index (χ2v) is 11.0. The monoisotopic (exact) mass is 471 g/mol. The van der Waals surface area contributed by atoms with Crippen molar-refractivity contribution in [3.63, 3.8) is 0 Å². The quantitative estimate of drug-likeness (QED) is 0.668. The summed E-state index contributed by atoms with van der Waals surface area (Å²) in [5.41, 5.74) is 0.692. The molecule has 1 atom stereocenters. The molecule has 8 nitrogen and oxygen atoms in total. The Balaban J connectivity index is 1.81. The molecule has 3 N–H and O–H groups in total. The topological polar surface area (TPSA) is 127 Å². The first-order valence-electron chi connectivity index (χ1n) is 9.23. The Hall–Kier alpha value is -1.98. The Morgan fingerprint density at radius 2 is 1.60 bits per heavy atom. The lowest BCUT2D eigenvalue weighted by Crippen LogP contribution is -2.29. The molecule has 1 heterocycles. The van der Waals surface area contributed by atoms with Crippen LogP contribution in [0.3, 0.4) is 0 Å². The molecule has 0 spiro atoms. The predicted octanol–water partition coefficient (Wildman–Crippen LogP) is 2.26. The van der Waals surface area contributed by atoms with Crippen molar-refractivity contribution in [1.82, 2.24) is 9.62 Å². The molecule has 30 heavy (non-hydrogen) atoms. The summed E-state index contributed by atoms with van der Waals surface area (Å²) in [4.78, 5) is 12.7. The van der Waals surface area contributed by atoms with Crippen molar-refractivity contribution < 1.29 is 21.6 Å². The molecule has 1 aliphatic heterocycles. The van der Waals surface area contributed by atoms with Crippen LogP contribution in [0.2, 0.25) is 5.02 Å². The molecule has 0 bridgehead atoms. The highest BCUT2D eigenvalue weighted by Gasteiger charge is 2.28. The summed E-state index contributed by atoms with van der Waals surface area (Å²) >= 11 is 6.15. The van der Waals surface area contributed by atoms with Gasteiger partial charge in [-0.2, -0.15) is 4.31 Å². The van der Waals surface area contributed by atoms with Gasteiger partial charge < -0.3 is 5.32 Å². The van der Waals surface area contributed by atoms with Gasteiger partial charge in [0.1, 0.15) is 0 Å². The summed E-state index contributed by atoms with van der Waals surface area (Å²) < 4.78 is 49.7. The van der Waals surface area contributed by atoms with Crippen molar-refractivity contribution in [2.75, 3.05) is 13.1 Å². The molecule has 1 aliphatic rings. The largest absolute Gasteiger partial charge is 0.345 e. The highest BCUT2D eigenvalue weighted by atomic mass is 35.5. The molecule has 1 fully saturated rings. The van der Waals surface area contributed by atoms with E-state index in [1.807, 2.05) is 0 Å². The summed E-state index contributed by atoms with van der Waals surface area (Å²) in [5.74, 6) is -0.540. The Morgan fingerprint density at radius 3 is 2.17 bits per heavy atom. The maximum absolute atomic E-state index is 12.8. The molecule has 1 saturated heterocycles. The number of carbonyl (C=O) groups is 1. The molecule has 1 amide bonds. The standard InChI is InChI=1S/C19H22ClN3O5S2/c1-13(14-4-6-15(7-5-14)29(21,25)26)22-19(24)17-12-16(8-9-18(17)20)30(27,28)23-10-2-3-11-23/h4-9,12-13H,2-3,10-11H2,1H3,(H,22,24)(H2,21,25,26). The Bertz CT molecular complexity index is 1160. The van der Waals surface area contributed by atoms with Crippen LogP contribution >= 0.6 is 11.6 Å². The van der Waals surface area contributed by atoms with E-state index in [2.05, 4.69) is 5.32 Å². The number of carbonyl (C=O) groups excluding carboxylic acids is 1. The van der Waals surface area contributed by atoms with Crippen molar-refractivity contribution in [1.29, 1.82) is 0 Å². The Labute approximate surface area is 181 Å². The maximum Gasteiger partial charge on any atom is 0.253 e. The summed E-state index contributed by atoms with van der Waals surface area (Å²) in [6, 6.07) is 9.37. The van der Waals surface area contributed by atoms with Crippen molar-refractivity contribution in [2.24, 2.45) is 5.14 Å². The molecular weight excluding hydrogens is 450 g/mol. The third kappa shape index (κ3) is 4.84. The zero-order valence-corrected chi connectivity index (χ0v) is 18.6. The summed E-state index contributed by atoms with van der Waals surface area (Å²) in [6.45, 7) is 2.62. The van der Waals surface area contributed by atoms with Crippen molar-refractivity contribution in [3.8, 4) is 0 Å². The van der Waals surface area contributed by atoms with Gasteiger partial charge in [-0.05, 0) is 55.7 Å². The van der Waals surface area contributed by atoms with E-state index in [1.165, 1.54) is 34.6 Å². The van der Waals surface area contributed by atoms with E-state index >= 15 is 0 Å². The fourth-order valence-corrected chi connectivity index (χ4v) is 5.48. The van der Waals surface area contributed by atoms with Crippen LogP contribution in [0.5, 0.6) is 0 Å². The number of sulfonamides is 2. The van der Waals surface area contributed by atoms with Gasteiger partial charge in [-0.3, -0.25) is 4.79 Å². The number of amides is 1. The first-order valence-corrected chi connectivity index (χ1v) is 12.6. The van der Waals surface area contributed by atoms with E-state index < -0.39 is 32.0 Å². The van der Waals surface area contributed by atoms with E-state index in [9.17, 15) is 21.6 Å². The highest BCUT2D eigenvalue weighted by Crippen LogP contribution is 2.26. The zero-order chi connectivity index (χ0) is 22.1. The van der Waals surface area contributed by atoms with Crippen molar-refractivity contribution in [3.05, 3.63) is 58.6 Å². The first-order chi connectivity index (χ1) is 14.0. The Kier molecular flexibility index (Phi) is 6.54. The minimum atomic E-state index is -3.81. The van der Waals surface area contributed by atoms with Gasteiger partial charge in [-0.15, -0.1) is 0 Å². The molecule has 0 aromatic heterocycles. The molecular formula is C19H22ClN3O5S2.